The van der Waals surface area contributed by atoms with Crippen LogP contribution in [0.15, 0.2) is 40.2 Å². The summed E-state index contributed by atoms with van der Waals surface area (Å²) in [5.41, 5.74) is 1.51. The quantitative estimate of drug-likeness (QED) is 0.736. The van der Waals surface area contributed by atoms with Gasteiger partial charge in [-0.3, -0.25) is 4.79 Å². The van der Waals surface area contributed by atoms with Gasteiger partial charge < -0.3 is 5.32 Å². The van der Waals surface area contributed by atoms with Crippen LogP contribution in [0.25, 0.3) is 0 Å². The minimum Gasteiger partial charge on any atom is -0.321 e. The highest BCUT2D eigenvalue weighted by Crippen LogP contribution is 2.24. The molecule has 0 aliphatic carbocycles. The molecular formula is C11H7BrINOS. The van der Waals surface area contributed by atoms with E-state index in [4.69, 9.17) is 0 Å². The molecule has 0 unspecified atom stereocenters. The number of anilines is 1. The number of hydrogen-bond acceptors (Lipinski definition) is 2. The molecular weight excluding hydrogens is 401 g/mol. The van der Waals surface area contributed by atoms with Crippen molar-refractivity contribution in [1.82, 2.24) is 0 Å². The first-order chi connectivity index (χ1) is 7.68. The average molecular weight is 408 g/mol. The van der Waals surface area contributed by atoms with Crippen LogP contribution in [0.2, 0.25) is 0 Å². The zero-order chi connectivity index (χ0) is 11.5. The molecule has 1 aromatic carbocycles. The first-order valence-corrected chi connectivity index (χ1v) is 7.22. The number of para-hydroxylation sites is 1. The lowest BCUT2D eigenvalue weighted by atomic mass is 10.3. The van der Waals surface area contributed by atoms with Crippen molar-refractivity contribution in [2.75, 3.05) is 5.32 Å². The molecule has 2 rings (SSSR count). The van der Waals surface area contributed by atoms with Crippen LogP contribution in [0.4, 0.5) is 5.69 Å². The van der Waals surface area contributed by atoms with Crippen LogP contribution in [0.5, 0.6) is 0 Å². The van der Waals surface area contributed by atoms with Gasteiger partial charge in [-0.2, -0.15) is 0 Å². The molecule has 82 valence electrons. The molecule has 0 aliphatic heterocycles. The van der Waals surface area contributed by atoms with Crippen molar-refractivity contribution in [2.45, 2.75) is 0 Å². The van der Waals surface area contributed by atoms with E-state index in [1.54, 1.807) is 11.3 Å². The van der Waals surface area contributed by atoms with Gasteiger partial charge in [-0.1, -0.05) is 12.1 Å². The topological polar surface area (TPSA) is 29.1 Å². The van der Waals surface area contributed by atoms with Crippen molar-refractivity contribution < 1.29 is 4.79 Å². The Labute approximate surface area is 119 Å². The minimum absolute atomic E-state index is 0.0717. The van der Waals surface area contributed by atoms with E-state index in [1.807, 2.05) is 35.7 Å². The fourth-order valence-electron chi connectivity index (χ4n) is 1.21. The molecule has 5 heteroatoms. The molecule has 1 aromatic heterocycles. The summed E-state index contributed by atoms with van der Waals surface area (Å²) in [6.07, 6.45) is 0. The molecule has 0 spiro atoms. The number of hydrogen-bond donors (Lipinski definition) is 1. The van der Waals surface area contributed by atoms with Crippen LogP contribution in [-0.2, 0) is 0 Å². The van der Waals surface area contributed by atoms with Crippen LogP contribution >= 0.6 is 49.9 Å². The SMILES string of the molecule is O=C(Nc1ccccc1Br)c1ccsc1I. The molecule has 1 heterocycles. The van der Waals surface area contributed by atoms with Gasteiger partial charge in [0.2, 0.25) is 0 Å². The van der Waals surface area contributed by atoms with Crippen molar-refractivity contribution in [3.8, 4) is 0 Å². The van der Waals surface area contributed by atoms with Gasteiger partial charge in [0.25, 0.3) is 5.91 Å². The van der Waals surface area contributed by atoms with Crippen molar-refractivity contribution in [1.29, 1.82) is 0 Å². The van der Waals surface area contributed by atoms with Crippen LogP contribution in [0.1, 0.15) is 10.4 Å². The van der Waals surface area contributed by atoms with Crippen LogP contribution in [0.3, 0.4) is 0 Å². The van der Waals surface area contributed by atoms with E-state index >= 15 is 0 Å². The maximum Gasteiger partial charge on any atom is 0.257 e. The van der Waals surface area contributed by atoms with Crippen LogP contribution < -0.4 is 5.32 Å². The van der Waals surface area contributed by atoms with E-state index in [9.17, 15) is 4.79 Å². The number of nitrogens with one attached hydrogen (secondary N) is 1. The number of rotatable bonds is 2. The van der Waals surface area contributed by atoms with E-state index in [2.05, 4.69) is 43.8 Å². The predicted octanol–water partition coefficient (Wildman–Crippen LogP) is 4.37. The van der Waals surface area contributed by atoms with Gasteiger partial charge >= 0.3 is 0 Å². The Morgan fingerprint density at radius 1 is 1.31 bits per heavy atom. The van der Waals surface area contributed by atoms with Gasteiger partial charge in [-0.15, -0.1) is 11.3 Å². The van der Waals surface area contributed by atoms with Crippen LogP contribution in [0, 0.1) is 2.88 Å². The standard InChI is InChI=1S/C11H7BrINOS/c12-8-3-1-2-4-9(8)14-11(15)7-5-6-16-10(7)13/h1-6H,(H,14,15). The summed E-state index contributed by atoms with van der Waals surface area (Å²) in [5.74, 6) is -0.0717. The molecule has 0 bridgehead atoms. The Morgan fingerprint density at radius 2 is 2.06 bits per heavy atom. The molecule has 16 heavy (non-hydrogen) atoms. The fraction of sp³-hybridized carbons (Fsp3) is 0. The van der Waals surface area contributed by atoms with E-state index in [0.717, 1.165) is 18.6 Å². The highest BCUT2D eigenvalue weighted by Gasteiger charge is 2.11. The molecule has 0 atom stereocenters. The second kappa shape index (κ2) is 5.29. The predicted molar refractivity (Wildman–Crippen MR) is 79.1 cm³/mol. The summed E-state index contributed by atoms with van der Waals surface area (Å²) in [6, 6.07) is 9.39. The van der Waals surface area contributed by atoms with Gasteiger partial charge in [0.1, 0.15) is 0 Å². The third kappa shape index (κ3) is 2.64. The Kier molecular flexibility index (Phi) is 3.99. The van der Waals surface area contributed by atoms with E-state index in [0.29, 0.717) is 0 Å². The Balaban J connectivity index is 2.21. The summed E-state index contributed by atoms with van der Waals surface area (Å²) < 4.78 is 1.88. The van der Waals surface area contributed by atoms with E-state index < -0.39 is 0 Å². The third-order valence-corrected chi connectivity index (χ3v) is 4.72. The zero-order valence-electron chi connectivity index (χ0n) is 8.04. The second-order valence-corrected chi connectivity index (χ2v) is 6.62. The number of halogens is 2. The minimum atomic E-state index is -0.0717. The highest BCUT2D eigenvalue weighted by molar-refractivity contribution is 14.1. The Hall–Kier alpha value is -0.400. The zero-order valence-corrected chi connectivity index (χ0v) is 12.6. The fourth-order valence-corrected chi connectivity index (χ4v) is 3.07. The maximum atomic E-state index is 11.9. The van der Waals surface area contributed by atoms with Gasteiger partial charge in [-0.25, -0.2) is 0 Å². The highest BCUT2D eigenvalue weighted by atomic mass is 127. The average Bonchev–Trinajstić information content (AvgIpc) is 2.68. The second-order valence-electron chi connectivity index (χ2n) is 3.04. The molecule has 1 amide bonds. The van der Waals surface area contributed by atoms with Crippen molar-refractivity contribution in [3.63, 3.8) is 0 Å². The molecule has 0 radical (unpaired) electrons. The Morgan fingerprint density at radius 3 is 2.69 bits per heavy atom. The molecule has 1 N–H and O–H groups in total. The number of thiophene rings is 1. The van der Waals surface area contributed by atoms with Crippen molar-refractivity contribution in [3.05, 3.63) is 48.6 Å². The first kappa shape index (κ1) is 12.1. The smallest absolute Gasteiger partial charge is 0.257 e. The molecule has 0 saturated heterocycles. The number of carbonyl (C=O) groups excluding carboxylic acids is 1. The summed E-state index contributed by atoms with van der Waals surface area (Å²) in [6.45, 7) is 0. The largest absolute Gasteiger partial charge is 0.321 e. The molecule has 0 aliphatic rings. The monoisotopic (exact) mass is 407 g/mol. The van der Waals surface area contributed by atoms with Gasteiger partial charge in [0.15, 0.2) is 0 Å². The van der Waals surface area contributed by atoms with E-state index in [1.165, 1.54) is 0 Å². The summed E-state index contributed by atoms with van der Waals surface area (Å²) >= 11 is 7.12. The lowest BCUT2D eigenvalue weighted by molar-refractivity contribution is 0.102. The first-order valence-electron chi connectivity index (χ1n) is 4.47. The van der Waals surface area contributed by atoms with Gasteiger partial charge in [0.05, 0.1) is 14.1 Å². The van der Waals surface area contributed by atoms with Gasteiger partial charge in [-0.05, 0) is 62.1 Å². The van der Waals surface area contributed by atoms with Gasteiger partial charge in [0, 0.05) is 4.47 Å². The lowest BCUT2D eigenvalue weighted by Crippen LogP contribution is -2.12. The number of amides is 1. The van der Waals surface area contributed by atoms with Crippen molar-refractivity contribution in [2.24, 2.45) is 0 Å². The molecule has 0 saturated carbocycles. The third-order valence-electron chi connectivity index (χ3n) is 1.98. The molecule has 0 fully saturated rings. The summed E-state index contributed by atoms with van der Waals surface area (Å²) in [4.78, 5) is 11.9. The number of carbonyl (C=O) groups is 1. The number of benzene rings is 1. The normalized spacial score (nSPS) is 10.1. The maximum absolute atomic E-state index is 11.9. The van der Waals surface area contributed by atoms with E-state index in [-0.39, 0.29) is 5.91 Å². The summed E-state index contributed by atoms with van der Waals surface area (Å²) in [5, 5.41) is 4.78. The summed E-state index contributed by atoms with van der Waals surface area (Å²) in [7, 11) is 0. The Bertz CT molecular complexity index is 526. The van der Waals surface area contributed by atoms with Crippen LogP contribution in [-0.4, -0.2) is 5.91 Å². The molecule has 2 aromatic rings. The van der Waals surface area contributed by atoms with Crippen molar-refractivity contribution >= 4 is 61.5 Å². The molecule has 2 nitrogen and oxygen atoms in total. The lowest BCUT2D eigenvalue weighted by Gasteiger charge is -2.06.